The van der Waals surface area contributed by atoms with Crippen molar-refractivity contribution < 1.29 is 9.47 Å². The normalized spacial score (nSPS) is 10.4. The summed E-state index contributed by atoms with van der Waals surface area (Å²) in [6.45, 7) is 6.61. The Hall–Kier alpha value is -1.68. The van der Waals surface area contributed by atoms with Crippen LogP contribution in [0.15, 0.2) is 34.8 Å². The molecular formula is C16H18BrNO2. The molecule has 0 aliphatic heterocycles. The summed E-state index contributed by atoms with van der Waals surface area (Å²) in [6.07, 6.45) is 0. The Morgan fingerprint density at radius 1 is 0.950 bits per heavy atom. The number of hydrogen-bond donors (Lipinski definition) is 1. The number of rotatable bonds is 4. The molecule has 0 aliphatic carbocycles. The van der Waals surface area contributed by atoms with E-state index < -0.39 is 0 Å². The number of aryl methyl sites for hydroxylation is 2. The molecule has 2 N–H and O–H groups in total. The Labute approximate surface area is 127 Å². The Bertz CT molecular complexity index is 603. The van der Waals surface area contributed by atoms with E-state index >= 15 is 0 Å². The number of ether oxygens (including phenoxy) is 2. The van der Waals surface area contributed by atoms with E-state index in [4.69, 9.17) is 15.2 Å². The lowest BCUT2D eigenvalue weighted by atomic mass is 10.1. The highest BCUT2D eigenvalue weighted by Crippen LogP contribution is 2.32. The number of benzene rings is 2. The van der Waals surface area contributed by atoms with Gasteiger partial charge >= 0.3 is 0 Å². The first-order valence-corrected chi connectivity index (χ1v) is 7.27. The highest BCUT2D eigenvalue weighted by atomic mass is 79.9. The molecule has 106 valence electrons. The molecule has 0 spiro atoms. The maximum Gasteiger partial charge on any atom is 0.133 e. The molecule has 0 radical (unpaired) electrons. The predicted octanol–water partition coefficient (Wildman–Crippen LogP) is 4.84. The van der Waals surface area contributed by atoms with Crippen LogP contribution in [0.2, 0.25) is 0 Å². The van der Waals surface area contributed by atoms with Crippen molar-refractivity contribution >= 4 is 21.6 Å². The molecule has 0 bridgehead atoms. The van der Waals surface area contributed by atoms with Crippen LogP contribution in [-0.2, 0) is 0 Å². The molecule has 0 aromatic heterocycles. The zero-order valence-corrected chi connectivity index (χ0v) is 13.5. The van der Waals surface area contributed by atoms with Crippen molar-refractivity contribution in [2.75, 3.05) is 12.3 Å². The molecule has 3 nitrogen and oxygen atoms in total. The van der Waals surface area contributed by atoms with Gasteiger partial charge in [0, 0.05) is 28.4 Å². The molecule has 0 heterocycles. The molecule has 0 saturated carbocycles. The average Bonchev–Trinajstić information content (AvgIpc) is 2.35. The van der Waals surface area contributed by atoms with E-state index in [-0.39, 0.29) is 0 Å². The highest BCUT2D eigenvalue weighted by Gasteiger charge is 2.06. The van der Waals surface area contributed by atoms with E-state index in [2.05, 4.69) is 15.9 Å². The average molecular weight is 336 g/mol. The van der Waals surface area contributed by atoms with E-state index in [0.29, 0.717) is 23.8 Å². The maximum absolute atomic E-state index is 5.88. The van der Waals surface area contributed by atoms with Crippen LogP contribution in [0, 0.1) is 13.8 Å². The summed E-state index contributed by atoms with van der Waals surface area (Å²) in [6, 6.07) is 9.39. The summed E-state index contributed by atoms with van der Waals surface area (Å²) in [5.74, 6) is 2.18. The summed E-state index contributed by atoms with van der Waals surface area (Å²) < 4.78 is 12.5. The largest absolute Gasteiger partial charge is 0.494 e. The molecule has 0 amide bonds. The Morgan fingerprint density at radius 3 is 2.10 bits per heavy atom. The fourth-order valence-corrected chi connectivity index (χ4v) is 2.23. The van der Waals surface area contributed by atoms with Gasteiger partial charge in [-0.25, -0.2) is 0 Å². The second-order valence-electron chi connectivity index (χ2n) is 4.64. The van der Waals surface area contributed by atoms with Gasteiger partial charge < -0.3 is 15.2 Å². The summed E-state index contributed by atoms with van der Waals surface area (Å²) in [5, 5.41) is 0. The number of halogens is 1. The minimum Gasteiger partial charge on any atom is -0.494 e. The van der Waals surface area contributed by atoms with Gasteiger partial charge in [-0.15, -0.1) is 0 Å². The number of nitrogen functional groups attached to an aromatic ring is 1. The van der Waals surface area contributed by atoms with Gasteiger partial charge in [0.1, 0.15) is 17.2 Å². The van der Waals surface area contributed by atoms with Gasteiger partial charge in [-0.05, 0) is 44.0 Å². The third-order valence-corrected chi connectivity index (χ3v) is 4.11. The van der Waals surface area contributed by atoms with Crippen molar-refractivity contribution in [3.05, 3.63) is 45.9 Å². The Balaban J connectivity index is 2.30. The lowest BCUT2D eigenvalue weighted by Gasteiger charge is -2.12. The third-order valence-electron chi connectivity index (χ3n) is 2.86. The molecule has 0 aliphatic rings. The fourth-order valence-electron chi connectivity index (χ4n) is 2.00. The molecule has 20 heavy (non-hydrogen) atoms. The van der Waals surface area contributed by atoms with Gasteiger partial charge in [-0.2, -0.15) is 0 Å². The summed E-state index contributed by atoms with van der Waals surface area (Å²) >= 11 is 3.55. The SMILES string of the molecule is CCOc1cc(N)cc(Oc2cc(C)c(Br)c(C)c2)c1. The minimum atomic E-state index is 0.597. The molecule has 2 rings (SSSR count). The number of nitrogens with two attached hydrogens (primary N) is 1. The maximum atomic E-state index is 5.88. The molecule has 4 heteroatoms. The quantitative estimate of drug-likeness (QED) is 0.813. The first kappa shape index (κ1) is 14.7. The van der Waals surface area contributed by atoms with Crippen LogP contribution < -0.4 is 15.2 Å². The van der Waals surface area contributed by atoms with Gasteiger partial charge in [0.2, 0.25) is 0 Å². The van der Waals surface area contributed by atoms with Crippen LogP contribution >= 0.6 is 15.9 Å². The number of anilines is 1. The molecule has 2 aromatic rings. The molecule has 0 saturated heterocycles. The monoisotopic (exact) mass is 335 g/mol. The van der Waals surface area contributed by atoms with E-state index in [1.54, 1.807) is 12.1 Å². The van der Waals surface area contributed by atoms with Crippen molar-refractivity contribution in [1.82, 2.24) is 0 Å². The van der Waals surface area contributed by atoms with Gasteiger partial charge in [0.25, 0.3) is 0 Å². The predicted molar refractivity (Wildman–Crippen MR) is 85.7 cm³/mol. The standard InChI is InChI=1S/C16H18BrNO2/c1-4-19-13-7-12(18)8-15(9-13)20-14-5-10(2)16(17)11(3)6-14/h5-9H,4,18H2,1-3H3. The molecule has 0 fully saturated rings. The van der Waals surface area contributed by atoms with Crippen LogP contribution in [0.5, 0.6) is 17.2 Å². The summed E-state index contributed by atoms with van der Waals surface area (Å²) in [5.41, 5.74) is 8.75. The second kappa shape index (κ2) is 6.18. The van der Waals surface area contributed by atoms with Gasteiger partial charge in [-0.1, -0.05) is 15.9 Å². The van der Waals surface area contributed by atoms with Crippen LogP contribution in [0.3, 0.4) is 0 Å². The van der Waals surface area contributed by atoms with Crippen molar-refractivity contribution in [1.29, 1.82) is 0 Å². The smallest absolute Gasteiger partial charge is 0.133 e. The minimum absolute atomic E-state index is 0.597. The zero-order chi connectivity index (χ0) is 14.7. The lowest BCUT2D eigenvalue weighted by molar-refractivity contribution is 0.338. The molecular weight excluding hydrogens is 318 g/mol. The summed E-state index contributed by atoms with van der Waals surface area (Å²) in [7, 11) is 0. The third kappa shape index (κ3) is 3.45. The second-order valence-corrected chi connectivity index (χ2v) is 5.44. The molecule has 0 atom stereocenters. The first-order valence-electron chi connectivity index (χ1n) is 6.47. The highest BCUT2D eigenvalue weighted by molar-refractivity contribution is 9.10. The van der Waals surface area contributed by atoms with Gasteiger partial charge in [0.15, 0.2) is 0 Å². The molecule has 0 unspecified atom stereocenters. The van der Waals surface area contributed by atoms with E-state index in [9.17, 15) is 0 Å². The van der Waals surface area contributed by atoms with E-state index in [1.165, 1.54) is 0 Å². The van der Waals surface area contributed by atoms with Crippen molar-refractivity contribution in [2.24, 2.45) is 0 Å². The topological polar surface area (TPSA) is 44.5 Å². The van der Waals surface area contributed by atoms with Crippen molar-refractivity contribution in [2.45, 2.75) is 20.8 Å². The van der Waals surface area contributed by atoms with Crippen LogP contribution in [0.1, 0.15) is 18.1 Å². The Morgan fingerprint density at radius 2 is 1.50 bits per heavy atom. The van der Waals surface area contributed by atoms with Crippen LogP contribution in [0.25, 0.3) is 0 Å². The van der Waals surface area contributed by atoms with Crippen molar-refractivity contribution in [3.8, 4) is 17.2 Å². The zero-order valence-electron chi connectivity index (χ0n) is 11.9. The fraction of sp³-hybridized carbons (Fsp3) is 0.250. The number of hydrogen-bond acceptors (Lipinski definition) is 3. The van der Waals surface area contributed by atoms with Crippen LogP contribution in [-0.4, -0.2) is 6.61 Å². The first-order chi connectivity index (χ1) is 9.49. The summed E-state index contributed by atoms with van der Waals surface area (Å²) in [4.78, 5) is 0. The van der Waals surface area contributed by atoms with E-state index in [0.717, 1.165) is 21.3 Å². The Kier molecular flexibility index (Phi) is 4.55. The van der Waals surface area contributed by atoms with Gasteiger partial charge in [-0.3, -0.25) is 0 Å². The van der Waals surface area contributed by atoms with Crippen molar-refractivity contribution in [3.63, 3.8) is 0 Å². The van der Waals surface area contributed by atoms with E-state index in [1.807, 2.05) is 39.0 Å². The van der Waals surface area contributed by atoms with Gasteiger partial charge in [0.05, 0.1) is 6.61 Å². The lowest BCUT2D eigenvalue weighted by Crippen LogP contribution is -1.95. The van der Waals surface area contributed by atoms with Crippen LogP contribution in [0.4, 0.5) is 5.69 Å². The molecule has 2 aromatic carbocycles.